The predicted octanol–water partition coefficient (Wildman–Crippen LogP) is 3.10. The van der Waals surface area contributed by atoms with Crippen LogP contribution in [-0.2, 0) is 9.59 Å². The summed E-state index contributed by atoms with van der Waals surface area (Å²) in [7, 11) is 1.57. The van der Waals surface area contributed by atoms with Crippen molar-refractivity contribution in [2.75, 3.05) is 19.1 Å². The summed E-state index contributed by atoms with van der Waals surface area (Å²) in [6.07, 6.45) is 3.95. The number of nitrogens with zero attached hydrogens (tertiary/aromatic N) is 1. The van der Waals surface area contributed by atoms with Gasteiger partial charge in [-0.1, -0.05) is 36.1 Å². The summed E-state index contributed by atoms with van der Waals surface area (Å²) in [6, 6.07) is 6.35. The maximum absolute atomic E-state index is 12.6. The van der Waals surface area contributed by atoms with Crippen molar-refractivity contribution in [1.82, 2.24) is 4.90 Å². The molecule has 1 N–H and O–H groups in total. The van der Waals surface area contributed by atoms with Gasteiger partial charge in [-0.25, -0.2) is 4.79 Å². The van der Waals surface area contributed by atoms with Crippen molar-refractivity contribution >= 4 is 58.0 Å². The molecule has 1 fully saturated rings. The third-order valence-electron chi connectivity index (χ3n) is 3.41. The van der Waals surface area contributed by atoms with Crippen LogP contribution in [0, 0.1) is 0 Å². The number of carbonyl (C=O) groups is 2. The molecule has 0 bridgehead atoms. The van der Waals surface area contributed by atoms with Gasteiger partial charge in [0.05, 0.1) is 12.0 Å². The standard InChI is InChI=1S/C16H17NO4S3/c1-21-11-5-3-4-10(8-11)9-13-14(18)17(16(22)24-13)12(15(19)20)6-7-23-2/h3-5,8-9,12H,6-7H2,1-2H3,(H,19,20)/b13-9-. The Balaban J connectivity index is 2.26. The third kappa shape index (κ3) is 4.31. The highest BCUT2D eigenvalue weighted by molar-refractivity contribution is 8.26. The summed E-state index contributed by atoms with van der Waals surface area (Å²) in [6.45, 7) is 0. The number of hydrogen-bond acceptors (Lipinski definition) is 6. The number of rotatable bonds is 7. The van der Waals surface area contributed by atoms with Crippen molar-refractivity contribution in [3.8, 4) is 5.75 Å². The SMILES string of the molecule is COc1cccc(/C=C2\SC(=S)N(C(CCSC)C(=O)O)C2=O)c1. The first-order valence-electron chi connectivity index (χ1n) is 7.10. The van der Waals surface area contributed by atoms with Gasteiger partial charge in [-0.05, 0) is 42.2 Å². The molecule has 5 nitrogen and oxygen atoms in total. The first-order chi connectivity index (χ1) is 11.5. The molecular formula is C16H17NO4S3. The second-order valence-electron chi connectivity index (χ2n) is 4.96. The monoisotopic (exact) mass is 383 g/mol. The van der Waals surface area contributed by atoms with Crippen molar-refractivity contribution < 1.29 is 19.4 Å². The summed E-state index contributed by atoms with van der Waals surface area (Å²) < 4.78 is 5.45. The molecule has 1 aliphatic rings. The molecule has 1 atom stereocenters. The first kappa shape index (κ1) is 18.8. The molecule has 1 aromatic carbocycles. The van der Waals surface area contributed by atoms with Gasteiger partial charge >= 0.3 is 5.97 Å². The number of thiocarbonyl (C=S) groups is 1. The average molecular weight is 384 g/mol. The second-order valence-corrected chi connectivity index (χ2v) is 7.63. The first-order valence-corrected chi connectivity index (χ1v) is 9.72. The van der Waals surface area contributed by atoms with E-state index in [1.165, 1.54) is 16.7 Å². The topological polar surface area (TPSA) is 66.8 Å². The Morgan fingerprint density at radius 1 is 1.54 bits per heavy atom. The Hall–Kier alpha value is -1.51. The minimum atomic E-state index is -1.04. The van der Waals surface area contributed by atoms with Crippen molar-refractivity contribution in [3.63, 3.8) is 0 Å². The summed E-state index contributed by atoms with van der Waals surface area (Å²) in [5.74, 6) is -0.0740. The molecule has 0 spiro atoms. The Morgan fingerprint density at radius 3 is 2.92 bits per heavy atom. The Bertz CT molecular complexity index is 690. The summed E-state index contributed by atoms with van der Waals surface area (Å²) >= 11 is 7.90. The van der Waals surface area contributed by atoms with Crippen molar-refractivity contribution in [2.24, 2.45) is 0 Å². The molecule has 1 amide bonds. The van der Waals surface area contributed by atoms with E-state index in [9.17, 15) is 14.7 Å². The van der Waals surface area contributed by atoms with Crippen LogP contribution in [0.4, 0.5) is 0 Å². The summed E-state index contributed by atoms with van der Waals surface area (Å²) in [5.41, 5.74) is 0.797. The summed E-state index contributed by atoms with van der Waals surface area (Å²) in [5, 5.41) is 9.43. The van der Waals surface area contributed by atoms with Crippen LogP contribution in [0.15, 0.2) is 29.2 Å². The molecule has 0 aromatic heterocycles. The van der Waals surface area contributed by atoms with E-state index < -0.39 is 12.0 Å². The van der Waals surface area contributed by atoms with Gasteiger partial charge < -0.3 is 9.84 Å². The number of carboxylic acid groups (broad SMARTS) is 1. The fraction of sp³-hybridized carbons (Fsp3) is 0.312. The molecule has 1 unspecified atom stereocenters. The lowest BCUT2D eigenvalue weighted by Crippen LogP contribution is -2.44. The maximum Gasteiger partial charge on any atom is 0.326 e. The number of ether oxygens (including phenoxy) is 1. The van der Waals surface area contributed by atoms with E-state index in [1.807, 2.05) is 24.5 Å². The lowest BCUT2D eigenvalue weighted by molar-refractivity contribution is -0.145. The number of hydrogen-bond donors (Lipinski definition) is 1. The van der Waals surface area contributed by atoms with Gasteiger partial charge in [0.2, 0.25) is 0 Å². The highest BCUT2D eigenvalue weighted by Gasteiger charge is 2.40. The number of methoxy groups -OCH3 is 1. The minimum absolute atomic E-state index is 0.280. The molecular weight excluding hydrogens is 366 g/mol. The molecule has 128 valence electrons. The number of carbonyl (C=O) groups excluding carboxylic acids is 1. The van der Waals surface area contributed by atoms with E-state index in [0.29, 0.717) is 22.8 Å². The van der Waals surface area contributed by atoms with E-state index in [0.717, 1.165) is 17.3 Å². The van der Waals surface area contributed by atoms with Gasteiger partial charge in [-0.3, -0.25) is 9.69 Å². The predicted molar refractivity (Wildman–Crippen MR) is 102 cm³/mol. The number of amides is 1. The maximum atomic E-state index is 12.6. The Kier molecular flexibility index (Phi) is 6.70. The van der Waals surface area contributed by atoms with Crippen LogP contribution in [0.1, 0.15) is 12.0 Å². The normalized spacial score (nSPS) is 17.4. The molecule has 1 aliphatic heterocycles. The molecule has 24 heavy (non-hydrogen) atoms. The fourth-order valence-corrected chi connectivity index (χ4v) is 4.04. The largest absolute Gasteiger partial charge is 0.497 e. The molecule has 0 saturated carbocycles. The Labute approximate surface area is 154 Å². The molecule has 1 saturated heterocycles. The molecule has 0 radical (unpaired) electrons. The van der Waals surface area contributed by atoms with Gasteiger partial charge in [-0.2, -0.15) is 11.8 Å². The lowest BCUT2D eigenvalue weighted by Gasteiger charge is -2.22. The number of thioether (sulfide) groups is 2. The van der Waals surface area contributed by atoms with E-state index in [2.05, 4.69) is 0 Å². The Morgan fingerprint density at radius 2 is 2.29 bits per heavy atom. The number of aliphatic carboxylic acids is 1. The van der Waals surface area contributed by atoms with Gasteiger partial charge in [0.25, 0.3) is 5.91 Å². The fourth-order valence-electron chi connectivity index (χ4n) is 2.22. The second kappa shape index (κ2) is 8.55. The molecule has 2 rings (SSSR count). The van der Waals surface area contributed by atoms with Gasteiger partial charge in [0.15, 0.2) is 0 Å². The van der Waals surface area contributed by atoms with Crippen molar-refractivity contribution in [2.45, 2.75) is 12.5 Å². The van der Waals surface area contributed by atoms with Gasteiger partial charge in [0, 0.05) is 0 Å². The van der Waals surface area contributed by atoms with E-state index in [4.69, 9.17) is 17.0 Å². The van der Waals surface area contributed by atoms with Gasteiger partial charge in [0.1, 0.15) is 16.1 Å². The van der Waals surface area contributed by atoms with Crippen LogP contribution in [0.25, 0.3) is 6.08 Å². The number of benzene rings is 1. The molecule has 1 heterocycles. The van der Waals surface area contributed by atoms with Crippen LogP contribution < -0.4 is 4.74 Å². The van der Waals surface area contributed by atoms with Crippen molar-refractivity contribution in [1.29, 1.82) is 0 Å². The van der Waals surface area contributed by atoms with E-state index >= 15 is 0 Å². The van der Waals surface area contributed by atoms with Crippen LogP contribution in [-0.4, -0.2) is 51.4 Å². The number of carboxylic acids is 1. The highest BCUT2D eigenvalue weighted by Crippen LogP contribution is 2.35. The quantitative estimate of drug-likeness (QED) is 0.573. The van der Waals surface area contributed by atoms with Gasteiger partial charge in [-0.15, -0.1) is 0 Å². The van der Waals surface area contributed by atoms with Crippen LogP contribution in [0.3, 0.4) is 0 Å². The lowest BCUT2D eigenvalue weighted by atomic mass is 10.1. The smallest absolute Gasteiger partial charge is 0.326 e. The zero-order chi connectivity index (χ0) is 17.7. The molecule has 8 heteroatoms. The van der Waals surface area contributed by atoms with Crippen LogP contribution in [0.2, 0.25) is 0 Å². The average Bonchev–Trinajstić information content (AvgIpc) is 2.82. The minimum Gasteiger partial charge on any atom is -0.497 e. The molecule has 1 aromatic rings. The third-order valence-corrected chi connectivity index (χ3v) is 5.38. The molecule has 0 aliphatic carbocycles. The van der Waals surface area contributed by atoms with Crippen molar-refractivity contribution in [3.05, 3.63) is 34.7 Å². The van der Waals surface area contributed by atoms with Crippen LogP contribution >= 0.6 is 35.7 Å². The highest BCUT2D eigenvalue weighted by atomic mass is 32.2. The van der Waals surface area contributed by atoms with Crippen LogP contribution in [0.5, 0.6) is 5.75 Å². The zero-order valence-electron chi connectivity index (χ0n) is 13.2. The summed E-state index contributed by atoms with van der Waals surface area (Å²) in [4.78, 5) is 25.8. The van der Waals surface area contributed by atoms with E-state index in [-0.39, 0.29) is 10.2 Å². The van der Waals surface area contributed by atoms with E-state index in [1.54, 1.807) is 19.3 Å². The zero-order valence-corrected chi connectivity index (χ0v) is 15.7.